The third kappa shape index (κ3) is 8.11. The molecule has 5 rings (SSSR count). The lowest BCUT2D eigenvalue weighted by Gasteiger charge is -2.28. The van der Waals surface area contributed by atoms with Gasteiger partial charge in [0, 0.05) is 23.3 Å². The molecule has 6 nitrogen and oxygen atoms in total. The lowest BCUT2D eigenvalue weighted by Crippen LogP contribution is -2.38. The second kappa shape index (κ2) is 15.4. The second-order valence-corrected chi connectivity index (χ2v) is 13.0. The smallest absolute Gasteiger partial charge is 0.339 e. The summed E-state index contributed by atoms with van der Waals surface area (Å²) in [5, 5.41) is 20.2. The molecule has 1 fully saturated rings. The molecule has 2 N–H and O–H groups in total. The molecule has 4 aromatic rings. The summed E-state index contributed by atoms with van der Waals surface area (Å²) in [7, 11) is 0. The first-order valence-corrected chi connectivity index (χ1v) is 16.2. The van der Waals surface area contributed by atoms with Crippen molar-refractivity contribution in [3.63, 3.8) is 0 Å². The second-order valence-electron chi connectivity index (χ2n) is 11.5. The van der Waals surface area contributed by atoms with Gasteiger partial charge in [0.25, 0.3) is 0 Å². The van der Waals surface area contributed by atoms with Crippen LogP contribution in [0.2, 0.25) is 5.02 Å². The van der Waals surface area contributed by atoms with Crippen molar-refractivity contribution in [2.45, 2.75) is 56.0 Å². The molecule has 0 spiro atoms. The van der Waals surface area contributed by atoms with E-state index in [-0.39, 0.29) is 30.7 Å². The van der Waals surface area contributed by atoms with Crippen molar-refractivity contribution < 1.29 is 41.8 Å². The zero-order valence-corrected chi connectivity index (χ0v) is 26.9. The van der Waals surface area contributed by atoms with Gasteiger partial charge >= 0.3 is 5.97 Å². The quantitative estimate of drug-likeness (QED) is 0.0702. The van der Waals surface area contributed by atoms with Crippen LogP contribution in [0.1, 0.15) is 65.1 Å². The minimum absolute atomic E-state index is 0.0440. The zero-order chi connectivity index (χ0) is 34.5. The van der Waals surface area contributed by atoms with Crippen LogP contribution in [0, 0.1) is 29.1 Å². The Kier molecular flexibility index (Phi) is 11.3. The van der Waals surface area contributed by atoms with E-state index < -0.39 is 63.7 Å². The van der Waals surface area contributed by atoms with E-state index in [1.807, 2.05) is 24.3 Å². The monoisotopic (exact) mass is 704 g/mol. The Balaban J connectivity index is 1.48. The van der Waals surface area contributed by atoms with E-state index in [4.69, 9.17) is 11.6 Å². The van der Waals surface area contributed by atoms with Gasteiger partial charge in [0.2, 0.25) is 11.7 Å². The highest BCUT2D eigenvalue weighted by atomic mass is 35.5. The topological polar surface area (TPSA) is 81.1 Å². The number of hydrogen-bond donors (Lipinski definition) is 2. The third-order valence-electron chi connectivity index (χ3n) is 8.20. The molecule has 252 valence electrons. The van der Waals surface area contributed by atoms with E-state index >= 15 is 0 Å². The molecular formula is C35H30ClF5N2O4S. The number of carbonyl (C=O) groups is 2. The lowest BCUT2D eigenvalue weighted by molar-refractivity contribution is -0.118. The van der Waals surface area contributed by atoms with Gasteiger partial charge in [-0.2, -0.15) is 0 Å². The number of halogens is 6. The van der Waals surface area contributed by atoms with Gasteiger partial charge in [0.15, 0.2) is 23.3 Å². The Morgan fingerprint density at radius 2 is 1.33 bits per heavy atom. The van der Waals surface area contributed by atoms with Crippen LogP contribution >= 0.6 is 23.5 Å². The van der Waals surface area contributed by atoms with Gasteiger partial charge in [-0.25, -0.2) is 31.1 Å². The summed E-state index contributed by atoms with van der Waals surface area (Å²) < 4.78 is 72.7. The van der Waals surface area contributed by atoms with Crippen molar-refractivity contribution in [2.75, 3.05) is 11.4 Å². The van der Waals surface area contributed by atoms with Crippen molar-refractivity contribution in [2.24, 2.45) is 0 Å². The molecule has 0 heterocycles. The summed E-state index contributed by atoms with van der Waals surface area (Å²) in [6, 6.07) is 17.5. The molecule has 13 heteroatoms. The van der Waals surface area contributed by atoms with Crippen LogP contribution in [-0.2, 0) is 17.9 Å². The molecular weight excluding hydrogens is 675 g/mol. The van der Waals surface area contributed by atoms with Crippen molar-refractivity contribution in [3.8, 4) is 5.75 Å². The first kappa shape index (κ1) is 35.2. The van der Waals surface area contributed by atoms with Gasteiger partial charge in [-0.15, -0.1) is 0 Å². The molecule has 48 heavy (non-hydrogen) atoms. The van der Waals surface area contributed by atoms with Gasteiger partial charge < -0.3 is 15.1 Å². The fraction of sp³-hybridized carbons (Fsp3) is 0.257. The van der Waals surface area contributed by atoms with Crippen molar-refractivity contribution in [1.29, 1.82) is 0 Å². The van der Waals surface area contributed by atoms with E-state index in [1.54, 1.807) is 12.1 Å². The molecule has 0 unspecified atom stereocenters. The number of anilines is 1. The predicted octanol–water partition coefficient (Wildman–Crippen LogP) is 9.23. The first-order valence-electron chi connectivity index (χ1n) is 15.1. The fourth-order valence-electron chi connectivity index (χ4n) is 5.65. The maximum atomic E-state index is 14.8. The molecule has 1 aliphatic carbocycles. The highest BCUT2D eigenvalue weighted by molar-refractivity contribution is 7.97. The summed E-state index contributed by atoms with van der Waals surface area (Å²) in [4.78, 5) is 25.6. The van der Waals surface area contributed by atoms with Crippen LogP contribution in [0.3, 0.4) is 0 Å². The summed E-state index contributed by atoms with van der Waals surface area (Å²) in [5.41, 5.74) is 2.10. The molecule has 1 amide bonds. The van der Waals surface area contributed by atoms with Gasteiger partial charge in [0.05, 0.1) is 13.1 Å². The van der Waals surface area contributed by atoms with Crippen LogP contribution in [0.5, 0.6) is 5.75 Å². The number of carbonyl (C=O) groups excluding carboxylic acids is 1. The fourth-order valence-corrected chi connectivity index (χ4v) is 6.76. The van der Waals surface area contributed by atoms with Crippen LogP contribution in [0.15, 0.2) is 71.6 Å². The minimum Gasteiger partial charge on any atom is -0.507 e. The maximum absolute atomic E-state index is 14.8. The number of carboxylic acid groups (broad SMARTS) is 1. The van der Waals surface area contributed by atoms with Crippen LogP contribution in [-0.4, -0.2) is 32.9 Å². The van der Waals surface area contributed by atoms with E-state index in [9.17, 15) is 41.8 Å². The third-order valence-corrected chi connectivity index (χ3v) is 9.50. The van der Waals surface area contributed by atoms with E-state index in [2.05, 4.69) is 0 Å². The summed E-state index contributed by atoms with van der Waals surface area (Å²) in [5.74, 6) is -12.9. The van der Waals surface area contributed by atoms with Gasteiger partial charge in [0.1, 0.15) is 16.2 Å². The lowest BCUT2D eigenvalue weighted by atomic mass is 9.84. The predicted molar refractivity (Wildman–Crippen MR) is 172 cm³/mol. The highest BCUT2D eigenvalue weighted by Crippen LogP contribution is 2.36. The van der Waals surface area contributed by atoms with Crippen LogP contribution in [0.25, 0.3) is 0 Å². The average Bonchev–Trinajstić information content (AvgIpc) is 3.08. The average molecular weight is 705 g/mol. The number of rotatable bonds is 11. The number of phenols is 1. The van der Waals surface area contributed by atoms with Crippen molar-refractivity contribution in [1.82, 2.24) is 4.31 Å². The highest BCUT2D eigenvalue weighted by Gasteiger charge is 2.30. The van der Waals surface area contributed by atoms with Crippen molar-refractivity contribution in [3.05, 3.63) is 123 Å². The SMILES string of the molecule is O=C(O)c1ccc(N(Cc2ccc(C3CCCCC3)cc2)C(=O)CN(Cc2ccc(Cl)cc2)Sc2c(F)c(F)c(F)c(F)c2F)cc1O. The Hall–Kier alpha value is -4.13. The number of nitrogens with zero attached hydrogens (tertiary/aromatic N) is 2. The Morgan fingerprint density at radius 1 is 0.771 bits per heavy atom. The Labute approximate surface area is 282 Å². The Bertz CT molecular complexity index is 1780. The van der Waals surface area contributed by atoms with Crippen LogP contribution < -0.4 is 4.90 Å². The molecule has 0 aliphatic heterocycles. The van der Waals surface area contributed by atoms with Gasteiger partial charge in [-0.05, 0) is 71.7 Å². The van der Waals surface area contributed by atoms with Crippen LogP contribution in [0.4, 0.5) is 27.6 Å². The van der Waals surface area contributed by atoms with Crippen molar-refractivity contribution >= 4 is 41.1 Å². The summed E-state index contributed by atoms with van der Waals surface area (Å²) >= 11 is 6.16. The molecule has 4 aromatic carbocycles. The molecule has 1 aliphatic rings. The molecule has 0 saturated heterocycles. The Morgan fingerprint density at radius 3 is 1.92 bits per heavy atom. The minimum atomic E-state index is -2.31. The molecule has 0 atom stereocenters. The summed E-state index contributed by atoms with van der Waals surface area (Å²) in [6.45, 7) is -0.827. The largest absolute Gasteiger partial charge is 0.507 e. The maximum Gasteiger partial charge on any atom is 0.339 e. The number of aromatic carboxylic acids is 1. The van der Waals surface area contributed by atoms with E-state index in [0.29, 0.717) is 22.1 Å². The first-order chi connectivity index (χ1) is 22.9. The number of hydrogen-bond acceptors (Lipinski definition) is 5. The number of aromatic hydroxyl groups is 1. The van der Waals surface area contributed by atoms with Gasteiger partial charge in [-0.1, -0.05) is 67.3 Å². The zero-order valence-electron chi connectivity index (χ0n) is 25.4. The number of benzene rings is 4. The molecule has 0 bridgehead atoms. The van der Waals surface area contributed by atoms with E-state index in [0.717, 1.165) is 42.1 Å². The molecule has 1 saturated carbocycles. The normalized spacial score (nSPS) is 13.6. The van der Waals surface area contributed by atoms with E-state index in [1.165, 1.54) is 35.1 Å². The number of amides is 1. The molecule has 0 aromatic heterocycles. The van der Waals surface area contributed by atoms with Gasteiger partial charge in [-0.3, -0.25) is 4.79 Å². The molecule has 0 radical (unpaired) electrons. The number of carboxylic acids is 1. The summed E-state index contributed by atoms with van der Waals surface area (Å²) in [6.07, 6.45) is 5.68. The standard InChI is InChI=1S/C35H30ClF5N2O4S/c36-24-12-8-20(9-13-24)17-42(48-34-32(40)30(38)29(37)31(39)33(34)41)19-28(45)43(25-14-15-26(35(46)47)27(44)16-25)18-21-6-10-23(11-7-21)22-4-2-1-3-5-22/h6-16,22,44H,1-5,17-19H2,(H,46,47).